The summed E-state index contributed by atoms with van der Waals surface area (Å²) in [5, 5.41) is 16.4. The molecule has 3 aromatic rings. The van der Waals surface area contributed by atoms with Crippen LogP contribution in [0, 0.1) is 5.82 Å². The second-order valence-corrected chi connectivity index (χ2v) is 8.48. The third kappa shape index (κ3) is 4.81. The lowest BCUT2D eigenvalue weighted by atomic mass is 9.95. The number of halogens is 1. The van der Waals surface area contributed by atoms with E-state index in [9.17, 15) is 14.0 Å². The van der Waals surface area contributed by atoms with E-state index in [1.54, 1.807) is 18.2 Å². The van der Waals surface area contributed by atoms with Crippen molar-refractivity contribution in [1.29, 1.82) is 0 Å². The number of aliphatic carboxylic acids is 1. The van der Waals surface area contributed by atoms with Crippen LogP contribution in [0.15, 0.2) is 60.7 Å². The Kier molecular flexibility index (Phi) is 6.51. The molecule has 6 heteroatoms. The predicted molar refractivity (Wildman–Crippen MR) is 122 cm³/mol. The molecule has 32 heavy (non-hydrogen) atoms. The highest BCUT2D eigenvalue weighted by Crippen LogP contribution is 2.36. The lowest BCUT2D eigenvalue weighted by molar-refractivity contribution is -0.135. The molecule has 2 unspecified atom stereocenters. The standard InChI is InChI=1S/C26H27FN2O3/c1-16(21-12-13-24(27)23-5-3-2-4-22(21)23)29-20-11-10-19(14-20)17-6-8-18(9-7-17)26(32)28-15-25(30)31/h2-9,12-13,16,19-20,29H,10-11,14-15H2,1H3,(H,28,32)(H,30,31)/t16-,19?,20?/m1/s1. The van der Waals surface area contributed by atoms with Crippen molar-refractivity contribution in [1.82, 2.24) is 10.6 Å². The average Bonchev–Trinajstić information content (AvgIpc) is 3.26. The maximum Gasteiger partial charge on any atom is 0.322 e. The minimum atomic E-state index is -1.07. The number of rotatable bonds is 7. The first kappa shape index (κ1) is 22.0. The van der Waals surface area contributed by atoms with E-state index in [0.29, 0.717) is 22.9 Å². The molecule has 1 saturated carbocycles. The number of hydrogen-bond donors (Lipinski definition) is 3. The number of nitrogens with one attached hydrogen (secondary N) is 2. The maximum atomic E-state index is 14.2. The molecule has 0 aliphatic heterocycles. The Bertz CT molecular complexity index is 1130. The minimum Gasteiger partial charge on any atom is -0.480 e. The normalized spacial score (nSPS) is 19.1. The SMILES string of the molecule is C[C@@H](NC1CCC(c2ccc(C(=O)NCC(=O)O)cc2)C1)c1ccc(F)c2ccccc12. The molecule has 0 heterocycles. The van der Waals surface area contributed by atoms with Crippen LogP contribution in [0.5, 0.6) is 0 Å². The van der Waals surface area contributed by atoms with Gasteiger partial charge in [0.05, 0.1) is 0 Å². The number of fused-ring (bicyclic) bond motifs is 1. The summed E-state index contributed by atoms with van der Waals surface area (Å²) in [6.07, 6.45) is 3.10. The largest absolute Gasteiger partial charge is 0.480 e. The number of carbonyl (C=O) groups excluding carboxylic acids is 1. The van der Waals surface area contributed by atoms with E-state index in [1.165, 1.54) is 5.56 Å². The van der Waals surface area contributed by atoms with Gasteiger partial charge in [-0.05, 0) is 66.8 Å². The zero-order chi connectivity index (χ0) is 22.7. The van der Waals surface area contributed by atoms with Crippen molar-refractivity contribution >= 4 is 22.6 Å². The van der Waals surface area contributed by atoms with Crippen LogP contribution in [-0.2, 0) is 4.79 Å². The van der Waals surface area contributed by atoms with Crippen molar-refractivity contribution in [2.75, 3.05) is 6.54 Å². The van der Waals surface area contributed by atoms with Gasteiger partial charge in [-0.15, -0.1) is 0 Å². The Morgan fingerprint density at radius 2 is 1.75 bits per heavy atom. The Morgan fingerprint density at radius 3 is 2.47 bits per heavy atom. The second kappa shape index (κ2) is 9.49. The molecule has 0 radical (unpaired) electrons. The number of carboxylic acid groups (broad SMARTS) is 1. The Hall–Kier alpha value is -3.25. The molecule has 3 aromatic carbocycles. The predicted octanol–water partition coefficient (Wildman–Crippen LogP) is 4.78. The molecule has 0 aromatic heterocycles. The lowest BCUT2D eigenvalue weighted by Crippen LogP contribution is -2.29. The summed E-state index contributed by atoms with van der Waals surface area (Å²) in [5.41, 5.74) is 2.74. The summed E-state index contributed by atoms with van der Waals surface area (Å²) in [4.78, 5) is 22.6. The fourth-order valence-electron chi connectivity index (χ4n) is 4.71. The molecule has 1 fully saturated rings. The van der Waals surface area contributed by atoms with Crippen LogP contribution in [0.4, 0.5) is 4.39 Å². The van der Waals surface area contributed by atoms with Gasteiger partial charge >= 0.3 is 5.97 Å². The molecular formula is C26H27FN2O3. The molecule has 166 valence electrons. The first-order valence-corrected chi connectivity index (χ1v) is 11.0. The lowest BCUT2D eigenvalue weighted by Gasteiger charge is -2.22. The van der Waals surface area contributed by atoms with Gasteiger partial charge in [0.25, 0.3) is 5.91 Å². The molecule has 1 amide bonds. The fraction of sp³-hybridized carbons (Fsp3) is 0.308. The molecule has 3 N–H and O–H groups in total. The zero-order valence-corrected chi connectivity index (χ0v) is 18.0. The van der Waals surface area contributed by atoms with Gasteiger partial charge in [0.2, 0.25) is 0 Å². The van der Waals surface area contributed by atoms with E-state index >= 15 is 0 Å². The van der Waals surface area contributed by atoms with Crippen molar-refractivity contribution in [2.45, 2.75) is 44.2 Å². The molecule has 5 nitrogen and oxygen atoms in total. The minimum absolute atomic E-state index is 0.101. The highest BCUT2D eigenvalue weighted by molar-refractivity contribution is 5.95. The first-order chi connectivity index (χ1) is 15.4. The molecule has 1 aliphatic carbocycles. The summed E-state index contributed by atoms with van der Waals surface area (Å²) in [5.74, 6) is -1.24. The van der Waals surface area contributed by atoms with Gasteiger partial charge in [0, 0.05) is 23.0 Å². The van der Waals surface area contributed by atoms with Crippen LogP contribution in [0.1, 0.15) is 59.6 Å². The number of amides is 1. The van der Waals surface area contributed by atoms with Crippen LogP contribution in [-0.4, -0.2) is 29.6 Å². The summed E-state index contributed by atoms with van der Waals surface area (Å²) < 4.78 is 14.2. The highest BCUT2D eigenvalue weighted by atomic mass is 19.1. The van der Waals surface area contributed by atoms with Crippen LogP contribution in [0.3, 0.4) is 0 Å². The van der Waals surface area contributed by atoms with Crippen LogP contribution >= 0.6 is 0 Å². The van der Waals surface area contributed by atoms with Gasteiger partial charge in [-0.3, -0.25) is 9.59 Å². The molecule has 0 spiro atoms. The van der Waals surface area contributed by atoms with Crippen molar-refractivity contribution in [2.24, 2.45) is 0 Å². The Morgan fingerprint density at radius 1 is 1.03 bits per heavy atom. The quantitative estimate of drug-likeness (QED) is 0.500. The third-order valence-electron chi connectivity index (χ3n) is 6.33. The van der Waals surface area contributed by atoms with Crippen molar-refractivity contribution in [3.05, 3.63) is 83.2 Å². The van der Waals surface area contributed by atoms with Crippen LogP contribution in [0.25, 0.3) is 10.8 Å². The molecule has 3 atom stereocenters. The summed E-state index contributed by atoms with van der Waals surface area (Å²) >= 11 is 0. The van der Waals surface area contributed by atoms with E-state index in [4.69, 9.17) is 5.11 Å². The number of hydrogen-bond acceptors (Lipinski definition) is 3. The number of benzene rings is 3. The average molecular weight is 435 g/mol. The second-order valence-electron chi connectivity index (χ2n) is 8.48. The summed E-state index contributed by atoms with van der Waals surface area (Å²) in [7, 11) is 0. The van der Waals surface area contributed by atoms with Gasteiger partial charge in [-0.1, -0.05) is 42.5 Å². The highest BCUT2D eigenvalue weighted by Gasteiger charge is 2.27. The zero-order valence-electron chi connectivity index (χ0n) is 18.0. The van der Waals surface area contributed by atoms with Crippen LogP contribution in [0.2, 0.25) is 0 Å². The van der Waals surface area contributed by atoms with Gasteiger partial charge in [-0.25, -0.2) is 4.39 Å². The van der Waals surface area contributed by atoms with Gasteiger partial charge < -0.3 is 15.7 Å². The van der Waals surface area contributed by atoms with Crippen LogP contribution < -0.4 is 10.6 Å². The van der Waals surface area contributed by atoms with E-state index in [-0.39, 0.29) is 17.8 Å². The number of carbonyl (C=O) groups is 2. The Balaban J connectivity index is 1.38. The molecule has 1 aliphatic rings. The maximum absolute atomic E-state index is 14.2. The number of carboxylic acids is 1. The first-order valence-electron chi connectivity index (χ1n) is 11.0. The molecule has 4 rings (SSSR count). The summed E-state index contributed by atoms with van der Waals surface area (Å²) in [6, 6.07) is 18.9. The van der Waals surface area contributed by atoms with Gasteiger partial charge in [0.1, 0.15) is 12.4 Å². The molecular weight excluding hydrogens is 407 g/mol. The Labute approximate surface area is 186 Å². The van der Waals surface area contributed by atoms with Crippen molar-refractivity contribution in [3.63, 3.8) is 0 Å². The molecule has 0 bridgehead atoms. The summed E-state index contributed by atoms with van der Waals surface area (Å²) in [6.45, 7) is 1.73. The smallest absolute Gasteiger partial charge is 0.322 e. The van der Waals surface area contributed by atoms with Crippen molar-refractivity contribution < 1.29 is 19.1 Å². The van der Waals surface area contributed by atoms with Gasteiger partial charge in [0.15, 0.2) is 0 Å². The topological polar surface area (TPSA) is 78.4 Å². The van der Waals surface area contributed by atoms with E-state index in [2.05, 4.69) is 17.6 Å². The van der Waals surface area contributed by atoms with E-state index in [1.807, 2.05) is 42.5 Å². The monoisotopic (exact) mass is 434 g/mol. The molecule has 0 saturated heterocycles. The van der Waals surface area contributed by atoms with Gasteiger partial charge in [-0.2, -0.15) is 0 Å². The van der Waals surface area contributed by atoms with E-state index in [0.717, 1.165) is 30.2 Å². The third-order valence-corrected chi connectivity index (χ3v) is 6.33. The van der Waals surface area contributed by atoms with Crippen molar-refractivity contribution in [3.8, 4) is 0 Å². The van der Waals surface area contributed by atoms with E-state index < -0.39 is 12.5 Å². The fourth-order valence-corrected chi connectivity index (χ4v) is 4.71.